The van der Waals surface area contributed by atoms with Crippen LogP contribution in [0.4, 0.5) is 0 Å². The van der Waals surface area contributed by atoms with E-state index in [9.17, 15) is 0 Å². The fourth-order valence-corrected chi connectivity index (χ4v) is 5.00. The molecular weight excluding hydrogens is 374 g/mol. The number of quaternary nitrogens is 2. The van der Waals surface area contributed by atoms with Gasteiger partial charge in [0.15, 0.2) is 11.8 Å². The summed E-state index contributed by atoms with van der Waals surface area (Å²) in [5.41, 5.74) is 3.98. The second-order valence-corrected chi connectivity index (χ2v) is 8.97. The fourth-order valence-electron chi connectivity index (χ4n) is 5.00. The Balaban J connectivity index is 1.47. The standard InChI is InChI=1S/C24H35N5O/c1-18(2)29-24(10-11-26-29)28-19(3)15-21(20(28)4)16-25-17-22(23-9-8-14-30-23)27-12-6-5-7-13-27/h8-11,14-15,18,22,25H,5-7,12-13,16-17H2,1-4H3/p+2/t22-/m1/s1. The minimum Gasteiger partial charge on any atom is -0.463 e. The monoisotopic (exact) mass is 411 g/mol. The molecule has 3 aromatic heterocycles. The second kappa shape index (κ2) is 9.23. The number of nitrogens with zero attached hydrogens (tertiary/aromatic N) is 3. The van der Waals surface area contributed by atoms with Crippen LogP contribution >= 0.6 is 0 Å². The van der Waals surface area contributed by atoms with Crippen molar-refractivity contribution in [3.63, 3.8) is 0 Å². The molecule has 162 valence electrons. The third-order valence-corrected chi connectivity index (χ3v) is 6.55. The van der Waals surface area contributed by atoms with E-state index in [4.69, 9.17) is 4.42 Å². The Hall–Kier alpha value is -2.31. The number of likely N-dealkylation sites (tertiary alicyclic amines) is 1. The van der Waals surface area contributed by atoms with E-state index in [1.807, 2.05) is 18.5 Å². The molecule has 1 saturated heterocycles. The van der Waals surface area contributed by atoms with Gasteiger partial charge in [-0.25, -0.2) is 4.68 Å². The summed E-state index contributed by atoms with van der Waals surface area (Å²) in [6.45, 7) is 13.3. The van der Waals surface area contributed by atoms with Crippen LogP contribution in [0.5, 0.6) is 0 Å². The van der Waals surface area contributed by atoms with Crippen LogP contribution in [0.15, 0.2) is 41.1 Å². The molecule has 1 fully saturated rings. The Bertz CT molecular complexity index is 931. The molecule has 3 N–H and O–H groups in total. The number of piperidine rings is 1. The molecular formula is C24H37N5O+2. The maximum Gasteiger partial charge on any atom is 0.195 e. The summed E-state index contributed by atoms with van der Waals surface area (Å²) in [6.07, 6.45) is 7.75. The largest absolute Gasteiger partial charge is 0.463 e. The van der Waals surface area contributed by atoms with E-state index < -0.39 is 0 Å². The minimum absolute atomic E-state index is 0.341. The van der Waals surface area contributed by atoms with Crippen LogP contribution in [0.25, 0.3) is 5.82 Å². The third kappa shape index (κ3) is 4.25. The van der Waals surface area contributed by atoms with Gasteiger partial charge in [-0.2, -0.15) is 5.10 Å². The first kappa shape index (κ1) is 20.9. The van der Waals surface area contributed by atoms with Gasteiger partial charge < -0.3 is 19.2 Å². The van der Waals surface area contributed by atoms with E-state index in [0.717, 1.165) is 24.7 Å². The van der Waals surface area contributed by atoms with E-state index in [0.29, 0.717) is 12.1 Å². The molecule has 0 aliphatic carbocycles. The fraction of sp³-hybridized carbons (Fsp3) is 0.542. The first-order valence-electron chi connectivity index (χ1n) is 11.5. The number of hydrogen-bond acceptors (Lipinski definition) is 2. The number of hydrogen-bond donors (Lipinski definition) is 2. The van der Waals surface area contributed by atoms with Gasteiger partial charge in [-0.05, 0) is 65.2 Å². The quantitative estimate of drug-likeness (QED) is 0.598. The summed E-state index contributed by atoms with van der Waals surface area (Å²) in [4.78, 5) is 1.68. The average Bonchev–Trinajstić information content (AvgIpc) is 3.47. The molecule has 30 heavy (non-hydrogen) atoms. The third-order valence-electron chi connectivity index (χ3n) is 6.55. The van der Waals surface area contributed by atoms with E-state index in [2.05, 4.69) is 65.6 Å². The van der Waals surface area contributed by atoms with Crippen molar-refractivity contribution in [2.45, 2.75) is 65.6 Å². The van der Waals surface area contributed by atoms with Crippen LogP contribution in [-0.2, 0) is 6.54 Å². The Kier molecular flexibility index (Phi) is 6.44. The highest BCUT2D eigenvalue weighted by Gasteiger charge is 2.29. The topological polar surface area (TPSA) is 56.9 Å². The summed E-state index contributed by atoms with van der Waals surface area (Å²) in [5, 5.41) is 6.98. The Morgan fingerprint density at radius 2 is 1.97 bits per heavy atom. The smallest absolute Gasteiger partial charge is 0.195 e. The van der Waals surface area contributed by atoms with Gasteiger partial charge in [0.25, 0.3) is 0 Å². The number of aryl methyl sites for hydroxylation is 1. The van der Waals surface area contributed by atoms with Crippen LogP contribution in [0.1, 0.15) is 67.9 Å². The molecule has 1 aliphatic rings. The van der Waals surface area contributed by atoms with Crippen LogP contribution in [0.2, 0.25) is 0 Å². The lowest BCUT2D eigenvalue weighted by atomic mass is 10.1. The number of furan rings is 1. The van der Waals surface area contributed by atoms with Gasteiger partial charge in [-0.3, -0.25) is 0 Å². The van der Waals surface area contributed by atoms with Gasteiger partial charge in [0, 0.05) is 29.1 Å². The maximum absolute atomic E-state index is 5.83. The first-order valence-corrected chi connectivity index (χ1v) is 11.5. The molecule has 4 rings (SSSR count). The predicted octanol–water partition coefficient (Wildman–Crippen LogP) is 2.34. The summed E-state index contributed by atoms with van der Waals surface area (Å²) >= 11 is 0. The predicted molar refractivity (Wildman–Crippen MR) is 118 cm³/mol. The zero-order chi connectivity index (χ0) is 21.1. The molecule has 0 aromatic carbocycles. The van der Waals surface area contributed by atoms with E-state index in [1.54, 1.807) is 4.90 Å². The number of rotatable bonds is 8. The molecule has 1 aliphatic heterocycles. The molecule has 6 heteroatoms. The van der Waals surface area contributed by atoms with Gasteiger partial charge >= 0.3 is 0 Å². The summed E-state index contributed by atoms with van der Waals surface area (Å²) in [7, 11) is 0. The average molecular weight is 412 g/mol. The van der Waals surface area contributed by atoms with Crippen molar-refractivity contribution in [2.24, 2.45) is 0 Å². The normalized spacial score (nSPS) is 16.4. The molecule has 0 radical (unpaired) electrons. The van der Waals surface area contributed by atoms with Gasteiger partial charge in [-0.15, -0.1) is 0 Å². The maximum atomic E-state index is 5.83. The van der Waals surface area contributed by atoms with Gasteiger partial charge in [0.05, 0.1) is 25.5 Å². The molecule has 3 aromatic rings. The molecule has 4 heterocycles. The summed E-state index contributed by atoms with van der Waals surface area (Å²) in [6, 6.07) is 9.40. The van der Waals surface area contributed by atoms with Gasteiger partial charge in [0.1, 0.15) is 18.9 Å². The Labute approximate surface area is 179 Å². The highest BCUT2D eigenvalue weighted by Crippen LogP contribution is 2.22. The molecule has 6 nitrogen and oxygen atoms in total. The summed E-state index contributed by atoms with van der Waals surface area (Å²) in [5.74, 6) is 2.28. The molecule has 0 amide bonds. The SMILES string of the molecule is Cc1cc(C[NH2+]C[C@H](c2ccco2)[NH+]2CCCCC2)c(C)n1-c1ccnn1C(C)C. The van der Waals surface area contributed by atoms with Crippen LogP contribution in [0, 0.1) is 13.8 Å². The Morgan fingerprint density at radius 1 is 1.17 bits per heavy atom. The van der Waals surface area contributed by atoms with Crippen molar-refractivity contribution in [1.29, 1.82) is 0 Å². The van der Waals surface area contributed by atoms with Crippen molar-refractivity contribution in [2.75, 3.05) is 19.6 Å². The van der Waals surface area contributed by atoms with Gasteiger partial charge in [-0.1, -0.05) is 0 Å². The van der Waals surface area contributed by atoms with Crippen molar-refractivity contribution in [3.05, 3.63) is 59.4 Å². The van der Waals surface area contributed by atoms with E-state index in [1.165, 1.54) is 49.3 Å². The van der Waals surface area contributed by atoms with Crippen molar-refractivity contribution >= 4 is 0 Å². The van der Waals surface area contributed by atoms with E-state index >= 15 is 0 Å². The Morgan fingerprint density at radius 3 is 2.67 bits per heavy atom. The van der Waals surface area contributed by atoms with E-state index in [-0.39, 0.29) is 0 Å². The lowest BCUT2D eigenvalue weighted by Crippen LogP contribution is -3.15. The number of nitrogens with one attached hydrogen (secondary N) is 1. The van der Waals surface area contributed by atoms with Gasteiger partial charge in [0.2, 0.25) is 0 Å². The van der Waals surface area contributed by atoms with Crippen molar-refractivity contribution in [1.82, 2.24) is 14.3 Å². The molecule has 0 unspecified atom stereocenters. The summed E-state index contributed by atoms with van der Waals surface area (Å²) < 4.78 is 10.3. The first-order chi connectivity index (χ1) is 14.6. The zero-order valence-electron chi connectivity index (χ0n) is 18.9. The lowest BCUT2D eigenvalue weighted by Gasteiger charge is -2.29. The van der Waals surface area contributed by atoms with Crippen molar-refractivity contribution < 1.29 is 14.6 Å². The number of aromatic nitrogens is 3. The van der Waals surface area contributed by atoms with Crippen LogP contribution < -0.4 is 10.2 Å². The molecule has 1 atom stereocenters. The molecule has 0 spiro atoms. The molecule has 0 bridgehead atoms. The van der Waals surface area contributed by atoms with Crippen molar-refractivity contribution in [3.8, 4) is 5.82 Å². The lowest BCUT2D eigenvalue weighted by molar-refractivity contribution is -0.951. The van der Waals surface area contributed by atoms with Crippen LogP contribution in [-0.4, -0.2) is 34.0 Å². The second-order valence-electron chi connectivity index (χ2n) is 8.97. The zero-order valence-corrected chi connectivity index (χ0v) is 18.9. The highest BCUT2D eigenvalue weighted by molar-refractivity contribution is 5.36. The highest BCUT2D eigenvalue weighted by atomic mass is 16.3. The van der Waals surface area contributed by atoms with Crippen LogP contribution in [0.3, 0.4) is 0 Å². The minimum atomic E-state index is 0.341. The number of nitrogens with two attached hydrogens (primary N) is 1. The molecule has 0 saturated carbocycles.